The third-order valence-corrected chi connectivity index (χ3v) is 4.58. The first kappa shape index (κ1) is 18.2. The highest BCUT2D eigenvalue weighted by Crippen LogP contribution is 2.23. The summed E-state index contributed by atoms with van der Waals surface area (Å²) in [4.78, 5) is 12.1. The first-order valence-corrected chi connectivity index (χ1v) is 9.15. The lowest BCUT2D eigenvalue weighted by Gasteiger charge is -2.10. The number of nitrogens with zero attached hydrogens (tertiary/aromatic N) is 3. The van der Waals surface area contributed by atoms with Crippen molar-refractivity contribution >= 4 is 23.4 Å². The predicted molar refractivity (Wildman–Crippen MR) is 97.7 cm³/mol. The van der Waals surface area contributed by atoms with E-state index in [0.29, 0.717) is 17.4 Å². The van der Waals surface area contributed by atoms with E-state index >= 15 is 0 Å². The zero-order chi connectivity index (χ0) is 18.5. The highest BCUT2D eigenvalue weighted by molar-refractivity contribution is 7.99. The third-order valence-electron chi connectivity index (χ3n) is 3.62. The Balaban J connectivity index is 1.67. The average molecular weight is 374 g/mol. The molecule has 6 nitrogen and oxygen atoms in total. The van der Waals surface area contributed by atoms with Gasteiger partial charge in [-0.15, -0.1) is 10.2 Å². The van der Waals surface area contributed by atoms with Crippen LogP contribution in [0.15, 0.2) is 52.2 Å². The van der Waals surface area contributed by atoms with Crippen molar-refractivity contribution < 1.29 is 13.6 Å². The molecule has 0 atom stereocenters. The summed E-state index contributed by atoms with van der Waals surface area (Å²) in [7, 11) is 0. The van der Waals surface area contributed by atoms with Crippen molar-refractivity contribution in [2.45, 2.75) is 31.5 Å². The number of rotatable bonds is 7. The first-order valence-electron chi connectivity index (χ1n) is 8.16. The third kappa shape index (κ3) is 4.51. The smallest absolute Gasteiger partial charge is 0.234 e. The van der Waals surface area contributed by atoms with Crippen LogP contribution in [-0.2, 0) is 11.3 Å². The van der Waals surface area contributed by atoms with Gasteiger partial charge in [-0.1, -0.05) is 25.6 Å². The lowest BCUT2D eigenvalue weighted by atomic mass is 10.2. The summed E-state index contributed by atoms with van der Waals surface area (Å²) in [6, 6.07) is 9.37. The average Bonchev–Trinajstić information content (AvgIpc) is 3.25. The summed E-state index contributed by atoms with van der Waals surface area (Å²) in [5, 5.41) is 11.8. The van der Waals surface area contributed by atoms with Crippen molar-refractivity contribution in [3.8, 4) is 0 Å². The van der Waals surface area contributed by atoms with Gasteiger partial charge in [0.05, 0.1) is 18.6 Å². The van der Waals surface area contributed by atoms with E-state index in [9.17, 15) is 9.18 Å². The van der Waals surface area contributed by atoms with Crippen LogP contribution in [0.25, 0.3) is 0 Å². The van der Waals surface area contributed by atoms with Crippen molar-refractivity contribution in [3.05, 3.63) is 60.1 Å². The molecule has 3 aromatic rings. The van der Waals surface area contributed by atoms with E-state index < -0.39 is 0 Å². The minimum Gasteiger partial charge on any atom is -0.467 e. The second-order valence-electron chi connectivity index (χ2n) is 6.00. The maximum absolute atomic E-state index is 12.9. The molecular formula is C18H19FN4O2S. The van der Waals surface area contributed by atoms with Crippen LogP contribution in [0.3, 0.4) is 0 Å². The first-order chi connectivity index (χ1) is 12.5. The minimum absolute atomic E-state index is 0.172. The predicted octanol–water partition coefficient (Wildman–Crippen LogP) is 3.91. The number of nitrogens with one attached hydrogen (secondary N) is 1. The molecule has 0 saturated heterocycles. The zero-order valence-corrected chi connectivity index (χ0v) is 15.3. The molecule has 2 aromatic heterocycles. The largest absolute Gasteiger partial charge is 0.467 e. The van der Waals surface area contributed by atoms with Gasteiger partial charge in [0, 0.05) is 11.6 Å². The number of furan rings is 1. The Kier molecular flexibility index (Phi) is 5.72. The van der Waals surface area contributed by atoms with Crippen molar-refractivity contribution in [3.63, 3.8) is 0 Å². The van der Waals surface area contributed by atoms with Crippen LogP contribution in [-0.4, -0.2) is 26.4 Å². The van der Waals surface area contributed by atoms with E-state index in [4.69, 9.17) is 4.42 Å². The lowest BCUT2D eigenvalue weighted by molar-refractivity contribution is -0.113. The number of anilines is 1. The summed E-state index contributed by atoms with van der Waals surface area (Å²) >= 11 is 1.30. The van der Waals surface area contributed by atoms with E-state index in [1.165, 1.54) is 36.0 Å². The molecule has 136 valence electrons. The number of carbonyl (C=O) groups is 1. The Bertz CT molecular complexity index is 860. The van der Waals surface area contributed by atoms with Crippen molar-refractivity contribution in [2.24, 2.45) is 0 Å². The lowest BCUT2D eigenvalue weighted by Crippen LogP contribution is -2.15. The molecule has 0 bridgehead atoms. The molecule has 0 saturated carbocycles. The van der Waals surface area contributed by atoms with Gasteiger partial charge in [0.15, 0.2) is 5.16 Å². The number of halogens is 1. The SMILES string of the molecule is CC(C)c1nnc(SCC(=O)Nc2ccc(F)cc2)n1Cc1ccco1. The van der Waals surface area contributed by atoms with Crippen molar-refractivity contribution in [2.75, 3.05) is 11.1 Å². The van der Waals surface area contributed by atoms with Gasteiger partial charge < -0.3 is 9.73 Å². The number of hydrogen-bond donors (Lipinski definition) is 1. The number of thioether (sulfide) groups is 1. The second kappa shape index (κ2) is 8.18. The molecule has 0 radical (unpaired) electrons. The zero-order valence-electron chi connectivity index (χ0n) is 14.5. The van der Waals surface area contributed by atoms with E-state index in [-0.39, 0.29) is 23.4 Å². The van der Waals surface area contributed by atoms with Crippen LogP contribution in [0, 0.1) is 5.82 Å². The molecule has 0 aliphatic carbocycles. The molecule has 1 aromatic carbocycles. The fraction of sp³-hybridized carbons (Fsp3) is 0.278. The number of aromatic nitrogens is 3. The molecule has 0 unspecified atom stereocenters. The molecular weight excluding hydrogens is 355 g/mol. The molecule has 2 heterocycles. The Hall–Kier alpha value is -2.61. The van der Waals surface area contributed by atoms with E-state index in [0.717, 1.165) is 11.6 Å². The summed E-state index contributed by atoms with van der Waals surface area (Å²) < 4.78 is 20.3. The van der Waals surface area contributed by atoms with Crippen molar-refractivity contribution in [1.82, 2.24) is 14.8 Å². The van der Waals surface area contributed by atoms with E-state index in [1.807, 2.05) is 30.5 Å². The Labute approximate surface area is 154 Å². The van der Waals surface area contributed by atoms with Gasteiger partial charge in [0.25, 0.3) is 0 Å². The number of hydrogen-bond acceptors (Lipinski definition) is 5. The van der Waals surface area contributed by atoms with Gasteiger partial charge in [-0.2, -0.15) is 0 Å². The molecule has 8 heteroatoms. The normalized spacial score (nSPS) is 11.1. The molecule has 1 amide bonds. The summed E-state index contributed by atoms with van der Waals surface area (Å²) in [6.45, 7) is 4.59. The number of benzene rings is 1. The summed E-state index contributed by atoms with van der Waals surface area (Å²) in [6.07, 6.45) is 1.62. The van der Waals surface area contributed by atoms with Crippen LogP contribution in [0.2, 0.25) is 0 Å². The Morgan fingerprint density at radius 2 is 2.04 bits per heavy atom. The van der Waals surface area contributed by atoms with Crippen LogP contribution in [0.5, 0.6) is 0 Å². The van der Waals surface area contributed by atoms with Gasteiger partial charge >= 0.3 is 0 Å². The van der Waals surface area contributed by atoms with Crippen LogP contribution < -0.4 is 5.32 Å². The molecule has 0 fully saturated rings. The topological polar surface area (TPSA) is 73.0 Å². The molecule has 0 spiro atoms. The quantitative estimate of drug-likeness (QED) is 0.635. The minimum atomic E-state index is -0.343. The van der Waals surface area contributed by atoms with Gasteiger partial charge in [-0.05, 0) is 36.4 Å². The molecule has 0 aliphatic rings. The van der Waals surface area contributed by atoms with E-state index in [1.54, 1.807) is 6.26 Å². The summed E-state index contributed by atoms with van der Waals surface area (Å²) in [5.41, 5.74) is 0.553. The second-order valence-corrected chi connectivity index (χ2v) is 6.95. The number of amides is 1. The van der Waals surface area contributed by atoms with E-state index in [2.05, 4.69) is 15.5 Å². The van der Waals surface area contributed by atoms with Crippen molar-refractivity contribution in [1.29, 1.82) is 0 Å². The fourth-order valence-corrected chi connectivity index (χ4v) is 3.15. The van der Waals surface area contributed by atoms with Gasteiger partial charge in [-0.3, -0.25) is 9.36 Å². The molecule has 0 aliphatic heterocycles. The Morgan fingerprint density at radius 1 is 1.27 bits per heavy atom. The maximum Gasteiger partial charge on any atom is 0.234 e. The highest BCUT2D eigenvalue weighted by Gasteiger charge is 2.17. The molecule has 1 N–H and O–H groups in total. The van der Waals surface area contributed by atoms with Crippen LogP contribution in [0.4, 0.5) is 10.1 Å². The van der Waals surface area contributed by atoms with Crippen LogP contribution in [0.1, 0.15) is 31.4 Å². The standard InChI is InChI=1S/C18H19FN4O2S/c1-12(2)17-21-22-18(23(17)10-15-4-3-9-25-15)26-11-16(24)20-14-7-5-13(19)6-8-14/h3-9,12H,10-11H2,1-2H3,(H,20,24). The highest BCUT2D eigenvalue weighted by atomic mass is 32.2. The monoisotopic (exact) mass is 374 g/mol. The van der Waals surface area contributed by atoms with Gasteiger partial charge in [-0.25, -0.2) is 4.39 Å². The summed E-state index contributed by atoms with van der Waals surface area (Å²) in [5.74, 6) is 1.46. The molecule has 3 rings (SSSR count). The molecule has 26 heavy (non-hydrogen) atoms. The van der Waals surface area contributed by atoms with Crippen LogP contribution >= 0.6 is 11.8 Å². The Morgan fingerprint density at radius 3 is 2.69 bits per heavy atom. The maximum atomic E-state index is 12.9. The van der Waals surface area contributed by atoms with Gasteiger partial charge in [0.2, 0.25) is 5.91 Å². The van der Waals surface area contributed by atoms with Gasteiger partial charge in [0.1, 0.15) is 17.4 Å². The fourth-order valence-electron chi connectivity index (χ4n) is 2.40. The number of carbonyl (C=O) groups excluding carboxylic acids is 1.